The minimum atomic E-state index is 0.651. The molecule has 0 amide bonds. The second kappa shape index (κ2) is 6.21. The van der Waals surface area contributed by atoms with E-state index >= 15 is 0 Å². The van der Waals surface area contributed by atoms with Crippen LogP contribution in [0.25, 0.3) is 0 Å². The van der Waals surface area contributed by atoms with E-state index in [1.165, 1.54) is 5.56 Å². The van der Waals surface area contributed by atoms with Crippen LogP contribution in [0.4, 0.5) is 11.5 Å². The van der Waals surface area contributed by atoms with Crippen molar-refractivity contribution in [3.8, 4) is 0 Å². The molecule has 2 nitrogen and oxygen atoms in total. The van der Waals surface area contributed by atoms with Crippen LogP contribution in [0.5, 0.6) is 0 Å². The highest BCUT2D eigenvalue weighted by molar-refractivity contribution is 9.10. The van der Waals surface area contributed by atoms with Gasteiger partial charge in [0.1, 0.15) is 5.82 Å². The van der Waals surface area contributed by atoms with Crippen molar-refractivity contribution in [1.82, 2.24) is 4.98 Å². The van der Waals surface area contributed by atoms with Crippen LogP contribution in [0.1, 0.15) is 11.1 Å². The lowest BCUT2D eigenvalue weighted by atomic mass is 10.1. The maximum absolute atomic E-state index is 5.71. The molecule has 1 heterocycles. The zero-order chi connectivity index (χ0) is 13.0. The fraction of sp³-hybridized carbons (Fsp3) is 0.214. The van der Waals surface area contributed by atoms with E-state index in [9.17, 15) is 0 Å². The fourth-order valence-electron chi connectivity index (χ4n) is 1.63. The predicted octanol–water partition coefficient (Wildman–Crippen LogP) is 4.68. The maximum atomic E-state index is 5.71. The lowest BCUT2D eigenvalue weighted by molar-refractivity contribution is 1.15. The average molecular weight is 326 g/mol. The minimum Gasteiger partial charge on any atom is -0.339 e. The second-order valence-corrected chi connectivity index (χ2v) is 5.34. The molecular weight excluding hydrogens is 312 g/mol. The number of aryl methyl sites for hydroxylation is 2. The Hall–Kier alpha value is -1.06. The van der Waals surface area contributed by atoms with Crippen molar-refractivity contribution in [2.45, 2.75) is 13.3 Å². The molecule has 1 N–H and O–H groups in total. The van der Waals surface area contributed by atoms with E-state index in [2.05, 4.69) is 38.4 Å². The summed E-state index contributed by atoms with van der Waals surface area (Å²) in [4.78, 5) is 4.35. The van der Waals surface area contributed by atoms with Crippen LogP contribution < -0.4 is 5.32 Å². The highest BCUT2D eigenvalue weighted by atomic mass is 79.9. The van der Waals surface area contributed by atoms with Crippen molar-refractivity contribution in [2.75, 3.05) is 11.2 Å². The normalized spacial score (nSPS) is 10.4. The van der Waals surface area contributed by atoms with Crippen LogP contribution in [0, 0.1) is 6.92 Å². The van der Waals surface area contributed by atoms with Crippen molar-refractivity contribution in [3.63, 3.8) is 0 Å². The number of halogens is 2. The summed E-state index contributed by atoms with van der Waals surface area (Å²) in [6.07, 6.45) is 2.74. The van der Waals surface area contributed by atoms with Crippen LogP contribution in [-0.2, 0) is 6.42 Å². The molecular formula is C14H14BrClN2. The second-order valence-electron chi connectivity index (χ2n) is 4.10. The first-order valence-electron chi connectivity index (χ1n) is 5.73. The number of aromatic nitrogens is 1. The molecule has 0 aliphatic heterocycles. The molecule has 0 aliphatic carbocycles. The van der Waals surface area contributed by atoms with Gasteiger partial charge >= 0.3 is 0 Å². The molecule has 1 aromatic carbocycles. The lowest BCUT2D eigenvalue weighted by Crippen LogP contribution is -1.95. The van der Waals surface area contributed by atoms with Crippen LogP contribution in [0.15, 0.2) is 41.0 Å². The summed E-state index contributed by atoms with van der Waals surface area (Å²) in [6.45, 7) is 2.02. The van der Waals surface area contributed by atoms with Gasteiger partial charge in [-0.05, 0) is 58.6 Å². The molecule has 2 aromatic rings. The summed E-state index contributed by atoms with van der Waals surface area (Å²) in [5.74, 6) is 1.48. The number of nitrogens with zero attached hydrogens (tertiary/aromatic N) is 1. The number of alkyl halides is 1. The summed E-state index contributed by atoms with van der Waals surface area (Å²) < 4.78 is 0.965. The Morgan fingerprint density at radius 1 is 1.28 bits per heavy atom. The topological polar surface area (TPSA) is 24.9 Å². The van der Waals surface area contributed by atoms with Gasteiger partial charge in [0, 0.05) is 17.8 Å². The molecule has 0 saturated carbocycles. The maximum Gasteiger partial charge on any atom is 0.144 e. The number of anilines is 2. The molecule has 0 fully saturated rings. The zero-order valence-corrected chi connectivity index (χ0v) is 12.4. The molecule has 4 heteroatoms. The first-order valence-corrected chi connectivity index (χ1v) is 7.06. The number of hydrogen-bond donors (Lipinski definition) is 1. The van der Waals surface area contributed by atoms with Crippen molar-refractivity contribution in [3.05, 3.63) is 52.1 Å². The van der Waals surface area contributed by atoms with E-state index in [1.807, 2.05) is 31.3 Å². The van der Waals surface area contributed by atoms with E-state index in [0.29, 0.717) is 5.88 Å². The highest BCUT2D eigenvalue weighted by Gasteiger charge is 2.02. The minimum absolute atomic E-state index is 0.651. The smallest absolute Gasteiger partial charge is 0.144 e. The average Bonchev–Trinajstić information content (AvgIpc) is 2.35. The Morgan fingerprint density at radius 2 is 2.00 bits per heavy atom. The Balaban J connectivity index is 2.13. The summed E-state index contributed by atoms with van der Waals surface area (Å²) in [7, 11) is 0. The van der Waals surface area contributed by atoms with Gasteiger partial charge in [-0.3, -0.25) is 0 Å². The van der Waals surface area contributed by atoms with Crippen LogP contribution in [-0.4, -0.2) is 10.9 Å². The van der Waals surface area contributed by atoms with Crippen molar-refractivity contribution in [1.29, 1.82) is 0 Å². The van der Waals surface area contributed by atoms with Gasteiger partial charge in [-0.25, -0.2) is 4.98 Å². The molecule has 2 rings (SSSR count). The van der Waals surface area contributed by atoms with E-state index in [-0.39, 0.29) is 0 Å². The third kappa shape index (κ3) is 3.47. The number of nitrogens with one attached hydrogen (secondary N) is 1. The summed E-state index contributed by atoms with van der Waals surface area (Å²) >= 11 is 9.21. The Labute approximate surface area is 121 Å². The Kier molecular flexibility index (Phi) is 4.61. The van der Waals surface area contributed by atoms with E-state index in [0.717, 1.165) is 28.0 Å². The first-order chi connectivity index (χ1) is 8.69. The molecule has 0 radical (unpaired) electrons. The molecule has 18 heavy (non-hydrogen) atoms. The molecule has 1 aromatic heterocycles. The molecule has 0 aliphatic rings. The van der Waals surface area contributed by atoms with Gasteiger partial charge in [0.25, 0.3) is 0 Å². The first kappa shape index (κ1) is 13.4. The summed E-state index contributed by atoms with van der Waals surface area (Å²) in [5.41, 5.74) is 3.39. The number of hydrogen-bond acceptors (Lipinski definition) is 2. The predicted molar refractivity (Wildman–Crippen MR) is 80.8 cm³/mol. The van der Waals surface area contributed by atoms with Gasteiger partial charge < -0.3 is 5.32 Å². The molecule has 0 unspecified atom stereocenters. The van der Waals surface area contributed by atoms with E-state index < -0.39 is 0 Å². The van der Waals surface area contributed by atoms with Crippen LogP contribution in [0.2, 0.25) is 0 Å². The van der Waals surface area contributed by atoms with Gasteiger partial charge in [-0.15, -0.1) is 11.6 Å². The van der Waals surface area contributed by atoms with Gasteiger partial charge in [0.2, 0.25) is 0 Å². The highest BCUT2D eigenvalue weighted by Crippen LogP contribution is 2.24. The summed E-state index contributed by atoms with van der Waals surface area (Å²) in [6, 6.07) is 10.3. The standard InChI is InChI=1S/C14H14BrClN2/c1-10-8-13(15)14(17-9-10)18-12-4-2-11(3-5-12)6-7-16/h2-5,8-9H,6-7H2,1H3,(H,17,18). The molecule has 0 atom stereocenters. The van der Waals surface area contributed by atoms with Crippen molar-refractivity contribution < 1.29 is 0 Å². The Bertz CT molecular complexity index is 526. The van der Waals surface area contributed by atoms with Gasteiger partial charge in [-0.2, -0.15) is 0 Å². The number of benzene rings is 1. The van der Waals surface area contributed by atoms with Gasteiger partial charge in [0.05, 0.1) is 4.47 Å². The van der Waals surface area contributed by atoms with Gasteiger partial charge in [0.15, 0.2) is 0 Å². The largest absolute Gasteiger partial charge is 0.339 e. The zero-order valence-electron chi connectivity index (χ0n) is 10.1. The SMILES string of the molecule is Cc1cnc(Nc2ccc(CCCl)cc2)c(Br)c1. The number of rotatable bonds is 4. The Morgan fingerprint density at radius 3 is 2.61 bits per heavy atom. The monoisotopic (exact) mass is 324 g/mol. The number of pyridine rings is 1. The quantitative estimate of drug-likeness (QED) is 0.826. The summed E-state index contributed by atoms with van der Waals surface area (Å²) in [5, 5.41) is 3.28. The molecule has 0 spiro atoms. The van der Waals surface area contributed by atoms with Gasteiger partial charge in [-0.1, -0.05) is 12.1 Å². The molecule has 0 bridgehead atoms. The van der Waals surface area contributed by atoms with E-state index in [4.69, 9.17) is 11.6 Å². The third-order valence-electron chi connectivity index (χ3n) is 2.58. The third-order valence-corrected chi connectivity index (χ3v) is 3.37. The van der Waals surface area contributed by atoms with Crippen LogP contribution >= 0.6 is 27.5 Å². The van der Waals surface area contributed by atoms with Crippen molar-refractivity contribution in [2.24, 2.45) is 0 Å². The fourth-order valence-corrected chi connectivity index (χ4v) is 2.41. The molecule has 94 valence electrons. The van der Waals surface area contributed by atoms with E-state index in [1.54, 1.807) is 0 Å². The van der Waals surface area contributed by atoms with Crippen LogP contribution in [0.3, 0.4) is 0 Å². The van der Waals surface area contributed by atoms with Crippen molar-refractivity contribution >= 4 is 39.0 Å². The lowest BCUT2D eigenvalue weighted by Gasteiger charge is -2.08. The molecule has 0 saturated heterocycles.